The molecule has 0 fully saturated rings. The number of imidazole rings is 1. The molecule has 0 aliphatic rings. The summed E-state index contributed by atoms with van der Waals surface area (Å²) >= 11 is 0. The monoisotopic (exact) mass is 480 g/mol. The van der Waals surface area contributed by atoms with Crippen molar-refractivity contribution < 1.29 is 22.3 Å². The van der Waals surface area contributed by atoms with E-state index in [1.165, 1.54) is 53.5 Å². The van der Waals surface area contributed by atoms with Gasteiger partial charge in [0.05, 0.1) is 23.5 Å². The van der Waals surface area contributed by atoms with Crippen LogP contribution in [0.15, 0.2) is 90.3 Å². The summed E-state index contributed by atoms with van der Waals surface area (Å²) in [6.07, 6.45) is 4.61. The molecule has 4 aromatic rings. The molecular formula is C24H21FN4O4S. The van der Waals surface area contributed by atoms with Crippen LogP contribution in [0.1, 0.15) is 17.3 Å². The van der Waals surface area contributed by atoms with Gasteiger partial charge in [-0.05, 0) is 73.7 Å². The van der Waals surface area contributed by atoms with Gasteiger partial charge in [-0.15, -0.1) is 0 Å². The van der Waals surface area contributed by atoms with Crippen molar-refractivity contribution >= 4 is 27.3 Å². The van der Waals surface area contributed by atoms with Crippen LogP contribution >= 0.6 is 0 Å². The number of amides is 1. The number of carbonyl (C=O) groups excluding carboxylic acids is 1. The second-order valence-electron chi connectivity index (χ2n) is 7.18. The number of hydrogen-bond acceptors (Lipinski definition) is 5. The fourth-order valence-corrected chi connectivity index (χ4v) is 4.24. The number of nitrogens with zero attached hydrogens (tertiary/aromatic N) is 2. The second kappa shape index (κ2) is 9.75. The highest BCUT2D eigenvalue weighted by atomic mass is 32.2. The first kappa shape index (κ1) is 23.0. The SMILES string of the molecule is CCOc1ccc(NS(=O)(=O)c2ccc(C(=O)Nc3ccc(-n4ccnc4)c(F)c3)cc2)cc1. The summed E-state index contributed by atoms with van der Waals surface area (Å²) in [6.45, 7) is 2.37. The Kier molecular flexibility index (Phi) is 6.60. The molecule has 1 heterocycles. The van der Waals surface area contributed by atoms with Crippen LogP contribution in [0.25, 0.3) is 5.69 Å². The third-order valence-corrected chi connectivity index (χ3v) is 6.23. The molecule has 174 valence electrons. The topological polar surface area (TPSA) is 102 Å². The summed E-state index contributed by atoms with van der Waals surface area (Å²) in [5, 5.41) is 2.60. The lowest BCUT2D eigenvalue weighted by Crippen LogP contribution is -2.15. The van der Waals surface area contributed by atoms with Gasteiger partial charge >= 0.3 is 0 Å². The Balaban J connectivity index is 1.43. The predicted molar refractivity (Wildman–Crippen MR) is 126 cm³/mol. The average Bonchev–Trinajstić information content (AvgIpc) is 3.35. The quantitative estimate of drug-likeness (QED) is 0.388. The highest BCUT2D eigenvalue weighted by Crippen LogP contribution is 2.21. The fraction of sp³-hybridized carbons (Fsp3) is 0.0833. The first-order valence-electron chi connectivity index (χ1n) is 10.3. The highest BCUT2D eigenvalue weighted by Gasteiger charge is 2.16. The molecule has 0 saturated carbocycles. The number of rotatable bonds is 8. The van der Waals surface area contributed by atoms with Gasteiger partial charge in [-0.25, -0.2) is 17.8 Å². The van der Waals surface area contributed by atoms with Gasteiger partial charge in [0, 0.05) is 29.3 Å². The Hall–Kier alpha value is -4.18. The number of ether oxygens (including phenoxy) is 1. The first-order chi connectivity index (χ1) is 16.4. The van der Waals surface area contributed by atoms with E-state index in [9.17, 15) is 17.6 Å². The molecule has 0 aliphatic heterocycles. The lowest BCUT2D eigenvalue weighted by atomic mass is 10.2. The molecule has 2 N–H and O–H groups in total. The van der Waals surface area contributed by atoms with E-state index in [2.05, 4.69) is 15.0 Å². The molecule has 0 spiro atoms. The highest BCUT2D eigenvalue weighted by molar-refractivity contribution is 7.92. The zero-order valence-electron chi connectivity index (χ0n) is 18.1. The molecule has 4 rings (SSSR count). The lowest BCUT2D eigenvalue weighted by Gasteiger charge is -2.11. The van der Waals surface area contributed by atoms with Crippen molar-refractivity contribution in [1.29, 1.82) is 0 Å². The number of hydrogen-bond donors (Lipinski definition) is 2. The molecule has 3 aromatic carbocycles. The number of halogens is 1. The van der Waals surface area contributed by atoms with E-state index in [4.69, 9.17) is 4.74 Å². The maximum absolute atomic E-state index is 14.4. The van der Waals surface area contributed by atoms with E-state index < -0.39 is 21.7 Å². The van der Waals surface area contributed by atoms with Crippen LogP contribution in [0.2, 0.25) is 0 Å². The van der Waals surface area contributed by atoms with E-state index >= 15 is 0 Å². The summed E-state index contributed by atoms with van der Waals surface area (Å²) in [5.74, 6) is -0.395. The lowest BCUT2D eigenvalue weighted by molar-refractivity contribution is 0.102. The number of anilines is 2. The Morgan fingerprint density at radius 2 is 1.74 bits per heavy atom. The van der Waals surface area contributed by atoms with Crippen LogP contribution in [-0.2, 0) is 10.0 Å². The van der Waals surface area contributed by atoms with Crippen molar-refractivity contribution in [2.24, 2.45) is 0 Å². The van der Waals surface area contributed by atoms with Crippen LogP contribution in [0.5, 0.6) is 5.75 Å². The Morgan fingerprint density at radius 3 is 2.35 bits per heavy atom. The first-order valence-corrected chi connectivity index (χ1v) is 11.8. The minimum atomic E-state index is -3.85. The predicted octanol–water partition coefficient (Wildman–Crippen LogP) is 4.46. The molecule has 1 amide bonds. The van der Waals surface area contributed by atoms with Crippen molar-refractivity contribution in [3.63, 3.8) is 0 Å². The number of benzene rings is 3. The molecule has 0 saturated heterocycles. The van der Waals surface area contributed by atoms with Gasteiger partial charge in [0.15, 0.2) is 0 Å². The minimum Gasteiger partial charge on any atom is -0.494 e. The number of carbonyl (C=O) groups is 1. The summed E-state index contributed by atoms with van der Waals surface area (Å²) < 4.78 is 49.1. The average molecular weight is 481 g/mol. The van der Waals surface area contributed by atoms with Gasteiger partial charge in [-0.2, -0.15) is 0 Å². The molecule has 34 heavy (non-hydrogen) atoms. The van der Waals surface area contributed by atoms with Gasteiger partial charge in [0.25, 0.3) is 15.9 Å². The molecule has 0 aliphatic carbocycles. The zero-order chi connectivity index (χ0) is 24.1. The van der Waals surface area contributed by atoms with Crippen LogP contribution < -0.4 is 14.8 Å². The summed E-state index contributed by atoms with van der Waals surface area (Å²) in [7, 11) is -3.85. The molecule has 0 atom stereocenters. The molecule has 1 aromatic heterocycles. The molecule has 8 nitrogen and oxygen atoms in total. The van der Waals surface area contributed by atoms with E-state index in [1.807, 2.05) is 6.92 Å². The Labute approximate surface area is 196 Å². The molecular weight excluding hydrogens is 459 g/mol. The zero-order valence-corrected chi connectivity index (χ0v) is 18.9. The summed E-state index contributed by atoms with van der Waals surface area (Å²) in [5.41, 5.74) is 1.16. The standard InChI is InChI=1S/C24H21FN4O4S/c1-2-33-20-8-5-18(6-9-20)28-34(31,32)21-10-3-17(4-11-21)24(30)27-19-7-12-23(22(25)15-19)29-14-13-26-16-29/h3-16,28H,2H2,1H3,(H,27,30). The van der Waals surface area contributed by atoms with Crippen molar-refractivity contribution in [1.82, 2.24) is 9.55 Å². The van der Waals surface area contributed by atoms with Crippen molar-refractivity contribution in [3.8, 4) is 11.4 Å². The van der Waals surface area contributed by atoms with Crippen LogP contribution in [0, 0.1) is 5.82 Å². The normalized spacial score (nSPS) is 11.1. The summed E-state index contributed by atoms with van der Waals surface area (Å²) in [6, 6.07) is 16.2. The number of nitrogens with one attached hydrogen (secondary N) is 2. The van der Waals surface area contributed by atoms with Crippen LogP contribution in [0.3, 0.4) is 0 Å². The van der Waals surface area contributed by atoms with E-state index in [-0.39, 0.29) is 16.1 Å². The smallest absolute Gasteiger partial charge is 0.261 e. The van der Waals surface area contributed by atoms with Gasteiger partial charge in [0.2, 0.25) is 0 Å². The Bertz CT molecular complexity index is 1390. The van der Waals surface area contributed by atoms with Gasteiger partial charge in [0.1, 0.15) is 11.6 Å². The minimum absolute atomic E-state index is 0.00587. The number of sulfonamides is 1. The van der Waals surface area contributed by atoms with Gasteiger partial charge in [-0.1, -0.05) is 0 Å². The maximum Gasteiger partial charge on any atom is 0.261 e. The molecule has 0 bridgehead atoms. The van der Waals surface area contributed by atoms with Gasteiger partial charge in [-0.3, -0.25) is 9.52 Å². The van der Waals surface area contributed by atoms with E-state index in [0.717, 1.165) is 0 Å². The maximum atomic E-state index is 14.4. The largest absolute Gasteiger partial charge is 0.494 e. The van der Waals surface area contributed by atoms with Crippen molar-refractivity contribution in [2.75, 3.05) is 16.6 Å². The second-order valence-corrected chi connectivity index (χ2v) is 8.86. The van der Waals surface area contributed by atoms with E-state index in [0.29, 0.717) is 23.7 Å². The van der Waals surface area contributed by atoms with E-state index in [1.54, 1.807) is 36.5 Å². The van der Waals surface area contributed by atoms with Crippen molar-refractivity contribution in [3.05, 3.63) is 96.8 Å². The van der Waals surface area contributed by atoms with Crippen molar-refractivity contribution in [2.45, 2.75) is 11.8 Å². The summed E-state index contributed by atoms with van der Waals surface area (Å²) in [4.78, 5) is 16.4. The Morgan fingerprint density at radius 1 is 1.03 bits per heavy atom. The fourth-order valence-electron chi connectivity index (χ4n) is 3.18. The third kappa shape index (κ3) is 5.24. The molecule has 0 unspecified atom stereocenters. The van der Waals surface area contributed by atoms with Gasteiger partial charge < -0.3 is 14.6 Å². The molecule has 0 radical (unpaired) electrons. The third-order valence-electron chi connectivity index (χ3n) is 4.83. The van der Waals surface area contributed by atoms with Crippen LogP contribution in [-0.4, -0.2) is 30.5 Å². The molecule has 10 heteroatoms. The number of aromatic nitrogens is 2. The van der Waals surface area contributed by atoms with Crippen LogP contribution in [0.4, 0.5) is 15.8 Å².